The standard InChI is InChI=1S/C13H12BrClN2/c1-8-2-3-9(14)6-13(8)17-12-5-4-10(16)7-11(12)15/h2-7,17H,16H2,1H3. The number of aryl methyl sites for hydroxylation is 1. The molecule has 0 fully saturated rings. The van der Waals surface area contributed by atoms with Gasteiger partial charge in [-0.25, -0.2) is 0 Å². The van der Waals surface area contributed by atoms with E-state index < -0.39 is 0 Å². The number of halogens is 2. The number of benzene rings is 2. The molecule has 0 amide bonds. The van der Waals surface area contributed by atoms with Gasteiger partial charge in [0.25, 0.3) is 0 Å². The Labute approximate surface area is 114 Å². The quantitative estimate of drug-likeness (QED) is 0.786. The van der Waals surface area contributed by atoms with Crippen LogP contribution in [-0.4, -0.2) is 0 Å². The smallest absolute Gasteiger partial charge is 0.0661 e. The molecule has 88 valence electrons. The molecule has 17 heavy (non-hydrogen) atoms. The molecule has 0 spiro atoms. The zero-order chi connectivity index (χ0) is 12.4. The van der Waals surface area contributed by atoms with Crippen molar-refractivity contribution in [2.45, 2.75) is 6.92 Å². The number of nitrogens with two attached hydrogens (primary N) is 1. The fraction of sp³-hybridized carbons (Fsp3) is 0.0769. The topological polar surface area (TPSA) is 38.0 Å². The van der Waals surface area contributed by atoms with Gasteiger partial charge in [-0.15, -0.1) is 0 Å². The lowest BCUT2D eigenvalue weighted by Crippen LogP contribution is -1.95. The van der Waals surface area contributed by atoms with E-state index in [1.54, 1.807) is 6.07 Å². The van der Waals surface area contributed by atoms with E-state index in [1.165, 1.54) is 0 Å². The predicted molar refractivity (Wildman–Crippen MR) is 78.0 cm³/mol. The molecule has 0 bridgehead atoms. The van der Waals surface area contributed by atoms with Crippen molar-refractivity contribution >= 4 is 44.6 Å². The maximum atomic E-state index is 6.12. The van der Waals surface area contributed by atoms with E-state index in [-0.39, 0.29) is 0 Å². The van der Waals surface area contributed by atoms with Crippen LogP contribution in [0.5, 0.6) is 0 Å². The van der Waals surface area contributed by atoms with Gasteiger partial charge in [0.2, 0.25) is 0 Å². The Kier molecular flexibility index (Phi) is 3.60. The molecular formula is C13H12BrClN2. The minimum Gasteiger partial charge on any atom is -0.399 e. The number of rotatable bonds is 2. The van der Waals surface area contributed by atoms with Gasteiger partial charge in [-0.3, -0.25) is 0 Å². The molecule has 0 saturated heterocycles. The highest BCUT2D eigenvalue weighted by Gasteiger charge is 2.04. The highest BCUT2D eigenvalue weighted by Crippen LogP contribution is 2.30. The summed E-state index contributed by atoms with van der Waals surface area (Å²) in [6, 6.07) is 11.5. The lowest BCUT2D eigenvalue weighted by Gasteiger charge is -2.11. The molecule has 0 radical (unpaired) electrons. The van der Waals surface area contributed by atoms with Crippen molar-refractivity contribution in [3.8, 4) is 0 Å². The van der Waals surface area contributed by atoms with Crippen molar-refractivity contribution < 1.29 is 0 Å². The third-order valence-electron chi connectivity index (χ3n) is 2.46. The van der Waals surface area contributed by atoms with Crippen molar-refractivity contribution in [3.05, 3.63) is 51.5 Å². The van der Waals surface area contributed by atoms with E-state index in [4.69, 9.17) is 17.3 Å². The summed E-state index contributed by atoms with van der Waals surface area (Å²) in [4.78, 5) is 0. The van der Waals surface area contributed by atoms with Crippen LogP contribution in [0.1, 0.15) is 5.56 Å². The molecule has 4 heteroatoms. The Balaban J connectivity index is 2.34. The highest BCUT2D eigenvalue weighted by molar-refractivity contribution is 9.10. The van der Waals surface area contributed by atoms with Gasteiger partial charge >= 0.3 is 0 Å². The fourth-order valence-electron chi connectivity index (χ4n) is 1.51. The Morgan fingerprint density at radius 1 is 1.12 bits per heavy atom. The second-order valence-electron chi connectivity index (χ2n) is 3.82. The molecule has 0 aliphatic rings. The van der Waals surface area contributed by atoms with E-state index >= 15 is 0 Å². The van der Waals surface area contributed by atoms with Crippen molar-refractivity contribution in [3.63, 3.8) is 0 Å². The maximum Gasteiger partial charge on any atom is 0.0661 e. The first-order chi connectivity index (χ1) is 8.06. The van der Waals surface area contributed by atoms with Crippen molar-refractivity contribution in [2.75, 3.05) is 11.1 Å². The minimum absolute atomic E-state index is 0.615. The van der Waals surface area contributed by atoms with Crippen LogP contribution in [0.4, 0.5) is 17.1 Å². The normalized spacial score (nSPS) is 10.3. The van der Waals surface area contributed by atoms with E-state index in [0.29, 0.717) is 10.7 Å². The Morgan fingerprint density at radius 2 is 1.88 bits per heavy atom. The molecule has 0 aromatic heterocycles. The first-order valence-corrected chi connectivity index (χ1v) is 6.31. The number of hydrogen-bond acceptors (Lipinski definition) is 2. The van der Waals surface area contributed by atoms with Crippen LogP contribution >= 0.6 is 27.5 Å². The average molecular weight is 312 g/mol. The van der Waals surface area contributed by atoms with Crippen molar-refractivity contribution in [2.24, 2.45) is 0 Å². The van der Waals surface area contributed by atoms with Crippen LogP contribution in [-0.2, 0) is 0 Å². The maximum absolute atomic E-state index is 6.12. The Morgan fingerprint density at radius 3 is 2.59 bits per heavy atom. The molecule has 0 aliphatic carbocycles. The van der Waals surface area contributed by atoms with Gasteiger partial charge < -0.3 is 11.1 Å². The molecule has 2 aromatic carbocycles. The molecule has 0 atom stereocenters. The van der Waals surface area contributed by atoms with Gasteiger partial charge in [0.05, 0.1) is 10.7 Å². The van der Waals surface area contributed by atoms with E-state index in [9.17, 15) is 0 Å². The van der Waals surface area contributed by atoms with E-state index in [0.717, 1.165) is 21.4 Å². The summed E-state index contributed by atoms with van der Waals surface area (Å²) in [5.74, 6) is 0. The van der Waals surface area contributed by atoms with Gasteiger partial charge in [-0.05, 0) is 42.8 Å². The second kappa shape index (κ2) is 4.98. The van der Waals surface area contributed by atoms with Crippen LogP contribution in [0.15, 0.2) is 40.9 Å². The highest BCUT2D eigenvalue weighted by atomic mass is 79.9. The molecule has 2 aromatic rings. The molecule has 0 aliphatic heterocycles. The van der Waals surface area contributed by atoms with Crippen LogP contribution in [0.2, 0.25) is 5.02 Å². The number of anilines is 3. The zero-order valence-electron chi connectivity index (χ0n) is 9.30. The number of hydrogen-bond donors (Lipinski definition) is 2. The summed E-state index contributed by atoms with van der Waals surface area (Å²) < 4.78 is 1.03. The summed E-state index contributed by atoms with van der Waals surface area (Å²) in [6.45, 7) is 2.04. The molecule has 3 N–H and O–H groups in total. The second-order valence-corrected chi connectivity index (χ2v) is 5.15. The van der Waals surface area contributed by atoms with E-state index in [1.807, 2.05) is 37.3 Å². The lowest BCUT2D eigenvalue weighted by atomic mass is 10.2. The summed E-state index contributed by atoms with van der Waals surface area (Å²) >= 11 is 9.56. The molecule has 0 heterocycles. The van der Waals surface area contributed by atoms with Crippen LogP contribution in [0.25, 0.3) is 0 Å². The van der Waals surface area contributed by atoms with Gasteiger partial charge in [0.1, 0.15) is 0 Å². The first kappa shape index (κ1) is 12.3. The molecule has 2 nitrogen and oxygen atoms in total. The van der Waals surface area contributed by atoms with Gasteiger partial charge in [0, 0.05) is 15.8 Å². The molecular weight excluding hydrogens is 300 g/mol. The van der Waals surface area contributed by atoms with Crippen LogP contribution in [0.3, 0.4) is 0 Å². The average Bonchev–Trinajstić information content (AvgIpc) is 2.27. The monoisotopic (exact) mass is 310 g/mol. The van der Waals surface area contributed by atoms with Crippen molar-refractivity contribution in [1.82, 2.24) is 0 Å². The largest absolute Gasteiger partial charge is 0.399 e. The SMILES string of the molecule is Cc1ccc(Br)cc1Nc1ccc(N)cc1Cl. The first-order valence-electron chi connectivity index (χ1n) is 5.14. The summed E-state index contributed by atoms with van der Waals surface area (Å²) in [6.07, 6.45) is 0. The van der Waals surface area contributed by atoms with E-state index in [2.05, 4.69) is 21.2 Å². The van der Waals surface area contributed by atoms with Crippen LogP contribution < -0.4 is 11.1 Å². The van der Waals surface area contributed by atoms with Gasteiger partial charge in [-0.1, -0.05) is 33.6 Å². The van der Waals surface area contributed by atoms with Crippen LogP contribution in [0, 0.1) is 6.92 Å². The Bertz CT molecular complexity index is 555. The summed E-state index contributed by atoms with van der Waals surface area (Å²) in [7, 11) is 0. The lowest BCUT2D eigenvalue weighted by molar-refractivity contribution is 1.42. The van der Waals surface area contributed by atoms with Crippen molar-refractivity contribution in [1.29, 1.82) is 0 Å². The Hall–Kier alpha value is -1.19. The molecule has 0 saturated carbocycles. The molecule has 2 rings (SSSR count). The number of nitrogen functional groups attached to an aromatic ring is 1. The predicted octanol–water partition coefficient (Wildman–Crippen LogP) is 4.74. The minimum atomic E-state index is 0.615. The summed E-state index contributed by atoms with van der Waals surface area (Å²) in [5, 5.41) is 3.91. The van der Waals surface area contributed by atoms with Gasteiger partial charge in [-0.2, -0.15) is 0 Å². The third-order valence-corrected chi connectivity index (χ3v) is 3.27. The third kappa shape index (κ3) is 2.93. The zero-order valence-corrected chi connectivity index (χ0v) is 11.6. The fourth-order valence-corrected chi connectivity index (χ4v) is 2.10. The summed E-state index contributed by atoms with van der Waals surface area (Å²) in [5.41, 5.74) is 9.34. The number of nitrogens with one attached hydrogen (secondary N) is 1. The van der Waals surface area contributed by atoms with Gasteiger partial charge in [0.15, 0.2) is 0 Å². The molecule has 0 unspecified atom stereocenters.